The summed E-state index contributed by atoms with van der Waals surface area (Å²) in [5, 5.41) is 2.88. The number of nitrogens with zero attached hydrogens (tertiary/aromatic N) is 2. The minimum Gasteiger partial charge on any atom is -0.338 e. The predicted octanol–water partition coefficient (Wildman–Crippen LogP) is 5.41. The van der Waals surface area contributed by atoms with E-state index >= 15 is 0 Å². The minimum atomic E-state index is -0.333. The fourth-order valence-corrected chi connectivity index (χ4v) is 5.08. The average molecular weight is 465 g/mol. The Labute approximate surface area is 202 Å². The molecule has 35 heavy (non-hydrogen) atoms. The molecule has 3 amide bonds. The first-order valence-corrected chi connectivity index (χ1v) is 12.0. The fourth-order valence-electron chi connectivity index (χ4n) is 5.08. The molecule has 1 aliphatic carbocycles. The summed E-state index contributed by atoms with van der Waals surface area (Å²) in [5.74, 6) is -0.110. The van der Waals surface area contributed by atoms with Gasteiger partial charge < -0.3 is 10.3 Å². The van der Waals surface area contributed by atoms with E-state index in [0.29, 0.717) is 22.4 Å². The predicted molar refractivity (Wildman–Crippen MR) is 133 cm³/mol. The molecule has 0 radical (unpaired) electrons. The molecule has 0 atom stereocenters. The van der Waals surface area contributed by atoms with Crippen molar-refractivity contribution < 1.29 is 14.4 Å². The molecule has 0 unspecified atom stereocenters. The summed E-state index contributed by atoms with van der Waals surface area (Å²) in [5.41, 5.74) is 4.43. The molecule has 2 aliphatic rings. The van der Waals surface area contributed by atoms with E-state index < -0.39 is 0 Å². The van der Waals surface area contributed by atoms with Crippen molar-refractivity contribution in [3.8, 4) is 11.4 Å². The molecular weight excluding hydrogens is 440 g/mol. The second-order valence-corrected chi connectivity index (χ2v) is 9.17. The molecule has 0 saturated heterocycles. The van der Waals surface area contributed by atoms with E-state index in [1.807, 2.05) is 48.5 Å². The second-order valence-electron chi connectivity index (χ2n) is 9.17. The van der Waals surface area contributed by atoms with Crippen molar-refractivity contribution in [2.75, 3.05) is 5.32 Å². The summed E-state index contributed by atoms with van der Waals surface area (Å²) in [6.07, 6.45) is 4.90. The summed E-state index contributed by atoms with van der Waals surface area (Å²) < 4.78 is 0. The highest BCUT2D eigenvalue weighted by Gasteiger charge is 2.40. The molecule has 2 N–H and O–H groups in total. The lowest BCUT2D eigenvalue weighted by Gasteiger charge is -2.29. The number of carbonyl (C=O) groups is 3. The number of H-pyrrole nitrogens is 1. The van der Waals surface area contributed by atoms with Crippen LogP contribution in [-0.2, 0) is 0 Å². The van der Waals surface area contributed by atoms with Crippen LogP contribution in [0.4, 0.5) is 5.69 Å². The van der Waals surface area contributed by atoms with Crippen molar-refractivity contribution in [2.45, 2.75) is 38.1 Å². The van der Waals surface area contributed by atoms with Gasteiger partial charge in [-0.2, -0.15) is 0 Å². The maximum absolute atomic E-state index is 13.0. The Morgan fingerprint density at radius 1 is 0.886 bits per heavy atom. The van der Waals surface area contributed by atoms with Gasteiger partial charge in [-0.15, -0.1) is 0 Å². The highest BCUT2D eigenvalue weighted by atomic mass is 16.2. The van der Waals surface area contributed by atoms with Crippen molar-refractivity contribution in [3.63, 3.8) is 0 Å². The molecule has 0 spiro atoms. The van der Waals surface area contributed by atoms with Crippen molar-refractivity contribution in [1.82, 2.24) is 14.9 Å². The molecule has 4 aromatic rings. The summed E-state index contributed by atoms with van der Waals surface area (Å²) in [6, 6.07) is 19.9. The third-order valence-corrected chi connectivity index (χ3v) is 6.93. The Kier molecular flexibility index (Phi) is 5.17. The number of aromatic nitrogens is 2. The molecule has 174 valence electrons. The SMILES string of the molecule is O=C(Nc1ccc(-c2nc3ccccc3[nH]2)cc1)c1ccc2c(c1)C(=O)N(C1CCCCC1)C2=O. The van der Waals surface area contributed by atoms with Gasteiger partial charge in [-0.1, -0.05) is 31.4 Å². The highest BCUT2D eigenvalue weighted by Crippen LogP contribution is 2.31. The van der Waals surface area contributed by atoms with E-state index in [9.17, 15) is 14.4 Å². The van der Waals surface area contributed by atoms with Gasteiger partial charge in [0.1, 0.15) is 5.82 Å². The number of hydrogen-bond acceptors (Lipinski definition) is 4. The Morgan fingerprint density at radius 3 is 2.40 bits per heavy atom. The number of nitrogens with one attached hydrogen (secondary N) is 2. The normalized spacial score (nSPS) is 16.1. The molecule has 7 heteroatoms. The Morgan fingerprint density at radius 2 is 1.63 bits per heavy atom. The quantitative estimate of drug-likeness (QED) is 0.395. The van der Waals surface area contributed by atoms with Crippen LogP contribution in [0.15, 0.2) is 66.7 Å². The van der Waals surface area contributed by atoms with Crippen LogP contribution < -0.4 is 5.32 Å². The Balaban J connectivity index is 1.19. The van der Waals surface area contributed by atoms with Crippen LogP contribution >= 0.6 is 0 Å². The second kappa shape index (κ2) is 8.51. The molecule has 6 rings (SSSR count). The van der Waals surface area contributed by atoms with Crippen LogP contribution in [0.2, 0.25) is 0 Å². The first-order valence-electron chi connectivity index (χ1n) is 12.0. The Bertz CT molecular complexity index is 1430. The van der Waals surface area contributed by atoms with Gasteiger partial charge in [-0.05, 0) is 67.4 Å². The lowest BCUT2D eigenvalue weighted by atomic mass is 9.94. The van der Waals surface area contributed by atoms with Crippen LogP contribution in [0.3, 0.4) is 0 Å². The zero-order valence-corrected chi connectivity index (χ0v) is 19.1. The van der Waals surface area contributed by atoms with E-state index in [2.05, 4.69) is 15.3 Å². The first-order chi connectivity index (χ1) is 17.1. The number of carbonyl (C=O) groups excluding carboxylic acids is 3. The molecule has 3 aromatic carbocycles. The number of rotatable bonds is 4. The van der Waals surface area contributed by atoms with Crippen molar-refractivity contribution in [3.05, 3.63) is 83.4 Å². The first kappa shape index (κ1) is 21.3. The number of benzene rings is 3. The van der Waals surface area contributed by atoms with Gasteiger partial charge >= 0.3 is 0 Å². The monoisotopic (exact) mass is 464 g/mol. The van der Waals surface area contributed by atoms with Gasteiger partial charge in [-0.3, -0.25) is 19.3 Å². The molecule has 1 aromatic heterocycles. The summed E-state index contributed by atoms with van der Waals surface area (Å²) >= 11 is 0. The zero-order chi connectivity index (χ0) is 23.9. The van der Waals surface area contributed by atoms with E-state index in [1.54, 1.807) is 12.1 Å². The summed E-state index contributed by atoms with van der Waals surface area (Å²) in [4.78, 5) is 48.1. The van der Waals surface area contributed by atoms with E-state index in [4.69, 9.17) is 0 Å². The third kappa shape index (κ3) is 3.79. The molecular formula is C28H24N4O3. The van der Waals surface area contributed by atoms with Crippen molar-refractivity contribution in [2.24, 2.45) is 0 Å². The minimum absolute atomic E-state index is 0.0429. The number of imidazole rings is 1. The van der Waals surface area contributed by atoms with Gasteiger partial charge in [0.25, 0.3) is 17.7 Å². The standard InChI is InChI=1S/C28H24N4O3/c33-26(29-19-13-10-17(11-14-19)25-30-23-8-4-5-9-24(23)31-25)18-12-15-21-22(16-18)28(35)32(27(21)34)20-6-2-1-3-7-20/h4-5,8-16,20H,1-3,6-7H2,(H,29,33)(H,30,31). The average Bonchev–Trinajstić information content (AvgIpc) is 3.43. The van der Waals surface area contributed by atoms with E-state index in [-0.39, 0.29) is 23.8 Å². The molecule has 1 fully saturated rings. The largest absolute Gasteiger partial charge is 0.338 e. The van der Waals surface area contributed by atoms with Gasteiger partial charge in [-0.25, -0.2) is 4.98 Å². The van der Waals surface area contributed by atoms with Crippen LogP contribution in [-0.4, -0.2) is 38.6 Å². The zero-order valence-electron chi connectivity index (χ0n) is 19.1. The maximum atomic E-state index is 13.0. The molecule has 0 bridgehead atoms. The van der Waals surface area contributed by atoms with Crippen molar-refractivity contribution >= 4 is 34.4 Å². The number of aromatic amines is 1. The van der Waals surface area contributed by atoms with E-state index in [1.165, 1.54) is 11.0 Å². The smallest absolute Gasteiger partial charge is 0.261 e. The fraction of sp³-hybridized carbons (Fsp3) is 0.214. The lowest BCUT2D eigenvalue weighted by Crippen LogP contribution is -2.40. The van der Waals surface area contributed by atoms with E-state index in [0.717, 1.165) is 54.5 Å². The molecule has 7 nitrogen and oxygen atoms in total. The number of imide groups is 1. The third-order valence-electron chi connectivity index (χ3n) is 6.93. The molecule has 1 aliphatic heterocycles. The van der Waals surface area contributed by atoms with Crippen LogP contribution in [0.5, 0.6) is 0 Å². The van der Waals surface area contributed by atoms with Crippen LogP contribution in [0.25, 0.3) is 22.4 Å². The number of hydrogen-bond donors (Lipinski definition) is 2. The van der Waals surface area contributed by atoms with Gasteiger partial charge in [0, 0.05) is 22.9 Å². The topological polar surface area (TPSA) is 95.2 Å². The number of fused-ring (bicyclic) bond motifs is 2. The number of para-hydroxylation sites is 2. The van der Waals surface area contributed by atoms with Gasteiger partial charge in [0.2, 0.25) is 0 Å². The summed E-state index contributed by atoms with van der Waals surface area (Å²) in [6.45, 7) is 0. The highest BCUT2D eigenvalue weighted by molar-refractivity contribution is 6.22. The molecule has 2 heterocycles. The van der Waals surface area contributed by atoms with Crippen LogP contribution in [0.1, 0.15) is 63.2 Å². The van der Waals surface area contributed by atoms with Crippen molar-refractivity contribution in [1.29, 1.82) is 0 Å². The number of amides is 3. The van der Waals surface area contributed by atoms with Gasteiger partial charge in [0.05, 0.1) is 22.2 Å². The maximum Gasteiger partial charge on any atom is 0.261 e. The molecule has 1 saturated carbocycles. The summed E-state index contributed by atoms with van der Waals surface area (Å²) in [7, 11) is 0. The Hall–Kier alpha value is -4.26. The lowest BCUT2D eigenvalue weighted by molar-refractivity contribution is 0.0549. The van der Waals surface area contributed by atoms with Crippen LogP contribution in [0, 0.1) is 0 Å². The van der Waals surface area contributed by atoms with Gasteiger partial charge in [0.15, 0.2) is 0 Å². The number of anilines is 1.